The van der Waals surface area contributed by atoms with E-state index in [1.54, 1.807) is 6.07 Å². The van der Waals surface area contributed by atoms with E-state index in [1.807, 2.05) is 51.1 Å². The molecule has 0 saturated carbocycles. The Balaban J connectivity index is 2.72. The summed E-state index contributed by atoms with van der Waals surface area (Å²) in [6, 6.07) is 11.4. The summed E-state index contributed by atoms with van der Waals surface area (Å²) in [5.41, 5.74) is 0.369. The molecule has 2 heteroatoms. The fraction of sp³-hybridized carbons (Fsp3) is 0.267. The summed E-state index contributed by atoms with van der Waals surface area (Å²) in [5, 5.41) is 2.55. The number of fused-ring (bicyclic) bond motifs is 1. The highest BCUT2D eigenvalue weighted by Crippen LogP contribution is 2.30. The topological polar surface area (TPSA) is 17.1 Å². The second kappa shape index (κ2) is 4.15. The Morgan fingerprint density at radius 1 is 1.00 bits per heavy atom. The van der Waals surface area contributed by atoms with Crippen LogP contribution < -0.4 is 0 Å². The number of hydrogen-bond acceptors (Lipinski definition) is 1. The normalized spacial score (nSPS) is 11.8. The van der Waals surface area contributed by atoms with E-state index in [-0.39, 0.29) is 11.2 Å². The van der Waals surface area contributed by atoms with Crippen LogP contribution in [0.5, 0.6) is 0 Å². The molecule has 0 saturated heterocycles. The Labute approximate surface area is 106 Å². The van der Waals surface area contributed by atoms with Crippen LogP contribution in [0.25, 0.3) is 10.8 Å². The Morgan fingerprint density at radius 2 is 1.59 bits per heavy atom. The summed E-state index contributed by atoms with van der Waals surface area (Å²) in [6.07, 6.45) is 0. The Morgan fingerprint density at radius 3 is 2.18 bits per heavy atom. The number of carbonyl (C=O) groups is 1. The van der Waals surface area contributed by atoms with Gasteiger partial charge in [0.2, 0.25) is 0 Å². The number of halogens is 1. The predicted octanol–water partition coefficient (Wildman–Crippen LogP) is 4.72. The highest BCUT2D eigenvalue weighted by molar-refractivity contribution is 6.36. The van der Waals surface area contributed by atoms with Crippen molar-refractivity contribution in [3.63, 3.8) is 0 Å². The van der Waals surface area contributed by atoms with Gasteiger partial charge in [-0.1, -0.05) is 56.6 Å². The molecule has 1 nitrogen and oxygen atoms in total. The molecule has 88 valence electrons. The van der Waals surface area contributed by atoms with Gasteiger partial charge in [-0.15, -0.1) is 0 Å². The van der Waals surface area contributed by atoms with E-state index in [0.29, 0.717) is 5.02 Å². The SMILES string of the molecule is CC(C)(C)C(=O)c1ccc(Cl)c2ccccc12. The smallest absolute Gasteiger partial charge is 0.168 e. The van der Waals surface area contributed by atoms with Crippen LogP contribution in [0, 0.1) is 5.41 Å². The number of Topliss-reactive ketones (excluding diaryl/α,β-unsaturated/α-hetero) is 1. The van der Waals surface area contributed by atoms with E-state index in [1.165, 1.54) is 0 Å². The van der Waals surface area contributed by atoms with Gasteiger partial charge in [-0.25, -0.2) is 0 Å². The van der Waals surface area contributed by atoms with Crippen molar-refractivity contribution in [1.82, 2.24) is 0 Å². The first-order valence-electron chi connectivity index (χ1n) is 5.63. The second-order valence-electron chi connectivity index (χ2n) is 5.22. The molecule has 17 heavy (non-hydrogen) atoms. The number of hydrogen-bond donors (Lipinski definition) is 0. The molecule has 0 aliphatic heterocycles. The van der Waals surface area contributed by atoms with Crippen LogP contribution in [0.15, 0.2) is 36.4 Å². The number of carbonyl (C=O) groups excluding carboxylic acids is 1. The molecule has 0 heterocycles. The van der Waals surface area contributed by atoms with E-state index < -0.39 is 0 Å². The molecule has 0 bridgehead atoms. The Kier molecular flexibility index (Phi) is 2.96. The van der Waals surface area contributed by atoms with Gasteiger partial charge in [0.1, 0.15) is 0 Å². The standard InChI is InChI=1S/C15H15ClO/c1-15(2,3)14(17)12-8-9-13(16)11-7-5-4-6-10(11)12/h4-9H,1-3H3. The van der Waals surface area contributed by atoms with Gasteiger partial charge in [-0.2, -0.15) is 0 Å². The highest BCUT2D eigenvalue weighted by Gasteiger charge is 2.24. The van der Waals surface area contributed by atoms with Crippen molar-refractivity contribution in [2.24, 2.45) is 5.41 Å². The molecular weight excluding hydrogens is 232 g/mol. The number of rotatable bonds is 1. The quantitative estimate of drug-likeness (QED) is 0.666. The van der Waals surface area contributed by atoms with Gasteiger partial charge in [0, 0.05) is 21.4 Å². The van der Waals surface area contributed by atoms with Gasteiger partial charge in [0.25, 0.3) is 0 Å². The maximum absolute atomic E-state index is 12.3. The summed E-state index contributed by atoms with van der Waals surface area (Å²) < 4.78 is 0. The van der Waals surface area contributed by atoms with Gasteiger partial charge in [-0.05, 0) is 17.5 Å². The molecule has 0 aliphatic rings. The fourth-order valence-corrected chi connectivity index (χ4v) is 2.09. The molecule has 0 radical (unpaired) electrons. The number of ketones is 1. The van der Waals surface area contributed by atoms with Crippen molar-refractivity contribution < 1.29 is 4.79 Å². The van der Waals surface area contributed by atoms with E-state index in [9.17, 15) is 4.79 Å². The molecule has 0 aliphatic carbocycles. The van der Waals surface area contributed by atoms with Gasteiger partial charge in [0.05, 0.1) is 0 Å². The monoisotopic (exact) mass is 246 g/mol. The van der Waals surface area contributed by atoms with Gasteiger partial charge >= 0.3 is 0 Å². The predicted molar refractivity (Wildman–Crippen MR) is 72.7 cm³/mol. The Hall–Kier alpha value is -1.34. The van der Waals surface area contributed by atoms with Crippen LogP contribution in [0.2, 0.25) is 5.02 Å². The van der Waals surface area contributed by atoms with E-state index >= 15 is 0 Å². The highest BCUT2D eigenvalue weighted by atomic mass is 35.5. The third-order valence-corrected chi connectivity index (χ3v) is 3.13. The largest absolute Gasteiger partial charge is 0.294 e. The van der Waals surface area contributed by atoms with Crippen molar-refractivity contribution in [2.45, 2.75) is 20.8 Å². The second-order valence-corrected chi connectivity index (χ2v) is 5.63. The third-order valence-electron chi connectivity index (χ3n) is 2.80. The van der Waals surface area contributed by atoms with Gasteiger partial charge in [-0.3, -0.25) is 4.79 Å². The van der Waals surface area contributed by atoms with Crippen molar-refractivity contribution >= 4 is 28.2 Å². The maximum Gasteiger partial charge on any atom is 0.168 e. The molecule has 0 atom stereocenters. The summed E-state index contributed by atoms with van der Waals surface area (Å²) in [4.78, 5) is 12.3. The average molecular weight is 247 g/mol. The molecular formula is C15H15ClO. The molecule has 0 amide bonds. The first kappa shape index (κ1) is 12.1. The molecule has 0 aromatic heterocycles. The molecule has 2 aromatic rings. The van der Waals surface area contributed by atoms with Crippen LogP contribution in [-0.4, -0.2) is 5.78 Å². The lowest BCUT2D eigenvalue weighted by Gasteiger charge is -2.18. The zero-order valence-corrected chi connectivity index (χ0v) is 11.0. The van der Waals surface area contributed by atoms with Crippen LogP contribution in [-0.2, 0) is 0 Å². The summed E-state index contributed by atoms with van der Waals surface area (Å²) in [5.74, 6) is 0.144. The van der Waals surface area contributed by atoms with Gasteiger partial charge < -0.3 is 0 Å². The van der Waals surface area contributed by atoms with E-state index in [4.69, 9.17) is 11.6 Å². The Bertz CT molecular complexity index is 579. The molecule has 2 aromatic carbocycles. The minimum atomic E-state index is -0.378. The molecule has 0 N–H and O–H groups in total. The van der Waals surface area contributed by atoms with Gasteiger partial charge in [0.15, 0.2) is 5.78 Å². The van der Waals surface area contributed by atoms with Crippen LogP contribution in [0.4, 0.5) is 0 Å². The van der Waals surface area contributed by atoms with Crippen molar-refractivity contribution in [3.8, 4) is 0 Å². The average Bonchev–Trinajstić information content (AvgIpc) is 2.28. The van der Waals surface area contributed by atoms with E-state index in [0.717, 1.165) is 16.3 Å². The fourth-order valence-electron chi connectivity index (χ4n) is 1.86. The third kappa shape index (κ3) is 2.20. The zero-order valence-electron chi connectivity index (χ0n) is 10.3. The molecule has 0 spiro atoms. The lowest BCUT2D eigenvalue weighted by Crippen LogP contribution is -2.20. The summed E-state index contributed by atoms with van der Waals surface area (Å²) >= 11 is 6.14. The minimum Gasteiger partial charge on any atom is -0.294 e. The minimum absolute atomic E-state index is 0.144. The van der Waals surface area contributed by atoms with Crippen molar-refractivity contribution in [3.05, 3.63) is 47.0 Å². The first-order chi connectivity index (χ1) is 7.91. The summed E-state index contributed by atoms with van der Waals surface area (Å²) in [7, 11) is 0. The first-order valence-corrected chi connectivity index (χ1v) is 6.01. The molecule has 2 rings (SSSR count). The zero-order chi connectivity index (χ0) is 12.6. The molecule has 0 fully saturated rings. The lowest BCUT2D eigenvalue weighted by atomic mass is 9.84. The lowest BCUT2D eigenvalue weighted by molar-refractivity contribution is 0.0860. The van der Waals surface area contributed by atoms with Crippen LogP contribution in [0.3, 0.4) is 0 Å². The van der Waals surface area contributed by atoms with Crippen LogP contribution in [0.1, 0.15) is 31.1 Å². The maximum atomic E-state index is 12.3. The van der Waals surface area contributed by atoms with Crippen molar-refractivity contribution in [2.75, 3.05) is 0 Å². The number of benzene rings is 2. The van der Waals surface area contributed by atoms with E-state index in [2.05, 4.69) is 0 Å². The molecule has 0 unspecified atom stereocenters. The van der Waals surface area contributed by atoms with Crippen molar-refractivity contribution in [1.29, 1.82) is 0 Å². The van der Waals surface area contributed by atoms with Crippen LogP contribution >= 0.6 is 11.6 Å². The summed E-state index contributed by atoms with van der Waals surface area (Å²) in [6.45, 7) is 5.79.